The molecule has 25 heavy (non-hydrogen) atoms. The summed E-state index contributed by atoms with van der Waals surface area (Å²) in [6.45, 7) is 5.44. The van der Waals surface area contributed by atoms with E-state index in [0.29, 0.717) is 6.54 Å². The zero-order valence-corrected chi connectivity index (χ0v) is 15.2. The Balaban J connectivity index is 2.03. The van der Waals surface area contributed by atoms with Crippen LogP contribution in [0.15, 0.2) is 36.0 Å². The molecular formula is C19H21N3O2S. The van der Waals surface area contributed by atoms with Gasteiger partial charge in [0.05, 0.1) is 0 Å². The van der Waals surface area contributed by atoms with Gasteiger partial charge in [0.1, 0.15) is 5.57 Å². The molecule has 3 rings (SSSR count). The first kappa shape index (κ1) is 17.4. The molecule has 0 saturated carbocycles. The van der Waals surface area contributed by atoms with Crippen molar-refractivity contribution in [3.8, 4) is 0 Å². The fraction of sp³-hybridized carbons (Fsp3) is 0.316. The van der Waals surface area contributed by atoms with Gasteiger partial charge >= 0.3 is 0 Å². The second-order valence-electron chi connectivity index (χ2n) is 6.02. The van der Waals surface area contributed by atoms with Gasteiger partial charge in [-0.25, -0.2) is 0 Å². The Hall–Kier alpha value is -2.47. The lowest BCUT2D eigenvalue weighted by Crippen LogP contribution is -2.54. The molecule has 1 aliphatic heterocycles. The molecule has 1 N–H and O–H groups in total. The third kappa shape index (κ3) is 3.22. The van der Waals surface area contributed by atoms with Crippen LogP contribution < -0.4 is 5.32 Å². The van der Waals surface area contributed by atoms with Crippen LogP contribution >= 0.6 is 12.2 Å². The molecule has 1 aliphatic rings. The summed E-state index contributed by atoms with van der Waals surface area (Å²) in [7, 11) is 0. The van der Waals surface area contributed by atoms with Crippen molar-refractivity contribution in [2.24, 2.45) is 0 Å². The van der Waals surface area contributed by atoms with Crippen LogP contribution in [0.3, 0.4) is 0 Å². The van der Waals surface area contributed by atoms with E-state index >= 15 is 0 Å². The molecule has 130 valence electrons. The zero-order chi connectivity index (χ0) is 18.0. The van der Waals surface area contributed by atoms with Gasteiger partial charge in [-0.3, -0.25) is 19.8 Å². The number of carbonyl (C=O) groups is 2. The lowest BCUT2D eigenvalue weighted by atomic mass is 10.1. The normalized spacial score (nSPS) is 16.8. The number of para-hydroxylation sites is 1. The van der Waals surface area contributed by atoms with Gasteiger partial charge in [0.15, 0.2) is 5.11 Å². The predicted molar refractivity (Wildman–Crippen MR) is 103 cm³/mol. The van der Waals surface area contributed by atoms with Gasteiger partial charge in [-0.2, -0.15) is 0 Å². The topological polar surface area (TPSA) is 54.3 Å². The quantitative estimate of drug-likeness (QED) is 0.509. The van der Waals surface area contributed by atoms with E-state index in [9.17, 15) is 9.59 Å². The van der Waals surface area contributed by atoms with Crippen LogP contribution in [0.5, 0.6) is 0 Å². The summed E-state index contributed by atoms with van der Waals surface area (Å²) < 4.78 is 2.10. The summed E-state index contributed by atoms with van der Waals surface area (Å²) in [5.74, 6) is -0.758. The van der Waals surface area contributed by atoms with E-state index in [1.807, 2.05) is 37.4 Å². The number of hydrogen-bond donors (Lipinski definition) is 1. The van der Waals surface area contributed by atoms with E-state index in [4.69, 9.17) is 12.2 Å². The van der Waals surface area contributed by atoms with Crippen LogP contribution in [0.25, 0.3) is 17.0 Å². The van der Waals surface area contributed by atoms with Gasteiger partial charge in [-0.1, -0.05) is 31.5 Å². The minimum absolute atomic E-state index is 0.128. The second kappa shape index (κ2) is 7.19. The Bertz CT molecular complexity index is 882. The minimum atomic E-state index is -0.434. The van der Waals surface area contributed by atoms with E-state index in [2.05, 4.69) is 16.8 Å². The molecule has 1 aromatic carbocycles. The predicted octanol–water partition coefficient (Wildman–Crippen LogP) is 3.09. The number of thiocarbonyl (C=S) groups is 1. The largest absolute Gasteiger partial charge is 0.347 e. The number of hydrogen-bond acceptors (Lipinski definition) is 3. The number of aromatic nitrogens is 1. The van der Waals surface area contributed by atoms with Gasteiger partial charge in [-0.15, -0.1) is 0 Å². The minimum Gasteiger partial charge on any atom is -0.347 e. The maximum atomic E-state index is 12.8. The summed E-state index contributed by atoms with van der Waals surface area (Å²) >= 11 is 5.15. The highest BCUT2D eigenvalue weighted by Crippen LogP contribution is 2.25. The maximum absolute atomic E-state index is 12.8. The van der Waals surface area contributed by atoms with Gasteiger partial charge in [0.2, 0.25) is 0 Å². The highest BCUT2D eigenvalue weighted by atomic mass is 32.1. The summed E-state index contributed by atoms with van der Waals surface area (Å²) in [6, 6.07) is 7.97. The Morgan fingerprint density at radius 1 is 1.20 bits per heavy atom. The third-order valence-corrected chi connectivity index (χ3v) is 4.70. The molecule has 2 aromatic rings. The second-order valence-corrected chi connectivity index (χ2v) is 6.40. The van der Waals surface area contributed by atoms with Gasteiger partial charge in [-0.05, 0) is 37.7 Å². The van der Waals surface area contributed by atoms with Crippen molar-refractivity contribution in [2.45, 2.75) is 33.2 Å². The van der Waals surface area contributed by atoms with Gasteiger partial charge in [0, 0.05) is 35.8 Å². The van der Waals surface area contributed by atoms with E-state index in [1.165, 1.54) is 4.90 Å². The fourth-order valence-electron chi connectivity index (χ4n) is 3.02. The van der Waals surface area contributed by atoms with Crippen molar-refractivity contribution in [3.05, 3.63) is 41.6 Å². The molecule has 6 heteroatoms. The molecule has 0 aliphatic carbocycles. The number of fused-ring (bicyclic) bond motifs is 1. The molecule has 1 fully saturated rings. The highest BCUT2D eigenvalue weighted by Gasteiger charge is 2.33. The van der Waals surface area contributed by atoms with Crippen molar-refractivity contribution >= 4 is 46.1 Å². The molecule has 0 unspecified atom stereocenters. The zero-order valence-electron chi connectivity index (χ0n) is 14.4. The van der Waals surface area contributed by atoms with E-state index in [0.717, 1.165) is 35.9 Å². The molecule has 1 aromatic heterocycles. The molecule has 0 radical (unpaired) electrons. The van der Waals surface area contributed by atoms with Crippen LogP contribution in [-0.4, -0.2) is 32.9 Å². The smallest absolute Gasteiger partial charge is 0.265 e. The van der Waals surface area contributed by atoms with Crippen molar-refractivity contribution < 1.29 is 9.59 Å². The van der Waals surface area contributed by atoms with Crippen molar-refractivity contribution in [3.63, 3.8) is 0 Å². The maximum Gasteiger partial charge on any atom is 0.265 e. The summed E-state index contributed by atoms with van der Waals surface area (Å²) in [5.41, 5.74) is 2.07. The molecule has 1 saturated heterocycles. The third-order valence-electron chi connectivity index (χ3n) is 4.38. The Kier molecular flexibility index (Phi) is 4.99. The summed E-state index contributed by atoms with van der Waals surface area (Å²) in [5, 5.41) is 3.84. The number of carbonyl (C=O) groups excluding carboxylic acids is 2. The molecule has 0 atom stereocenters. The number of unbranched alkanes of at least 4 members (excludes halogenated alkanes) is 1. The molecule has 0 spiro atoms. The number of rotatable bonds is 5. The number of amides is 2. The molecule has 2 amide bonds. The van der Waals surface area contributed by atoms with Crippen LogP contribution in [0, 0.1) is 0 Å². The molecular weight excluding hydrogens is 334 g/mol. The first-order valence-electron chi connectivity index (χ1n) is 8.53. The van der Waals surface area contributed by atoms with Crippen molar-refractivity contribution in [1.29, 1.82) is 0 Å². The van der Waals surface area contributed by atoms with E-state index < -0.39 is 5.91 Å². The standard InChI is InChI=1S/C19H21N3O2S/c1-3-5-10-22-18(24)15(17(23)20-19(22)25)11-13-12-21(4-2)16-9-7-6-8-14(13)16/h6-9,11-12H,3-5,10H2,1-2H3,(H,20,23,25). The molecule has 0 bridgehead atoms. The van der Waals surface area contributed by atoms with Crippen LogP contribution in [0.2, 0.25) is 0 Å². The first-order chi connectivity index (χ1) is 12.1. The van der Waals surface area contributed by atoms with Gasteiger partial charge in [0.25, 0.3) is 11.8 Å². The molecule has 2 heterocycles. The lowest BCUT2D eigenvalue weighted by molar-refractivity contribution is -0.128. The lowest BCUT2D eigenvalue weighted by Gasteiger charge is -2.28. The van der Waals surface area contributed by atoms with Crippen LogP contribution in [0.4, 0.5) is 0 Å². The Morgan fingerprint density at radius 3 is 2.68 bits per heavy atom. The number of benzene rings is 1. The monoisotopic (exact) mass is 355 g/mol. The van der Waals surface area contributed by atoms with Gasteiger partial charge < -0.3 is 4.57 Å². The summed E-state index contributed by atoms with van der Waals surface area (Å²) in [4.78, 5) is 26.6. The van der Waals surface area contributed by atoms with Crippen molar-refractivity contribution in [2.75, 3.05) is 6.54 Å². The SMILES string of the molecule is CCCCN1C(=O)C(=Cc2cn(CC)c3ccccc23)C(=O)NC1=S. The van der Waals surface area contributed by atoms with Crippen molar-refractivity contribution in [1.82, 2.24) is 14.8 Å². The van der Waals surface area contributed by atoms with E-state index in [-0.39, 0.29) is 16.6 Å². The Morgan fingerprint density at radius 2 is 1.96 bits per heavy atom. The van der Waals surface area contributed by atoms with Crippen LogP contribution in [0.1, 0.15) is 32.3 Å². The highest BCUT2D eigenvalue weighted by molar-refractivity contribution is 7.80. The Labute approximate surface area is 152 Å². The number of nitrogens with one attached hydrogen (secondary N) is 1. The average Bonchev–Trinajstić information content (AvgIpc) is 2.96. The average molecular weight is 355 g/mol. The number of aryl methyl sites for hydroxylation is 1. The fourth-order valence-corrected chi connectivity index (χ4v) is 3.29. The van der Waals surface area contributed by atoms with Crippen LogP contribution in [-0.2, 0) is 16.1 Å². The summed E-state index contributed by atoms with van der Waals surface area (Å²) in [6.07, 6.45) is 5.43. The number of nitrogens with zero attached hydrogens (tertiary/aromatic N) is 2. The molecule has 5 nitrogen and oxygen atoms in total. The first-order valence-corrected chi connectivity index (χ1v) is 8.94. The van der Waals surface area contributed by atoms with E-state index in [1.54, 1.807) is 6.08 Å².